The van der Waals surface area contributed by atoms with Crippen molar-refractivity contribution in [2.24, 2.45) is 11.3 Å². The van der Waals surface area contributed by atoms with Gasteiger partial charge in [-0.25, -0.2) is 4.79 Å². The molecule has 1 aliphatic rings. The van der Waals surface area contributed by atoms with Gasteiger partial charge in [0, 0.05) is 11.3 Å². The van der Waals surface area contributed by atoms with Gasteiger partial charge in [0.2, 0.25) is 5.91 Å². The van der Waals surface area contributed by atoms with E-state index in [1.54, 1.807) is 11.3 Å². The maximum absolute atomic E-state index is 12.6. The van der Waals surface area contributed by atoms with Crippen LogP contribution in [-0.4, -0.2) is 19.0 Å². The summed E-state index contributed by atoms with van der Waals surface area (Å²) in [5.41, 5.74) is 1.93. The van der Waals surface area contributed by atoms with Gasteiger partial charge in [0.25, 0.3) is 0 Å². The highest BCUT2D eigenvalue weighted by Crippen LogP contribution is 2.44. The minimum Gasteiger partial charge on any atom is -0.465 e. The third-order valence-electron chi connectivity index (χ3n) is 7.14. The van der Waals surface area contributed by atoms with E-state index in [2.05, 4.69) is 33.0 Å². The monoisotopic (exact) mass is 477 g/mol. The Bertz CT molecular complexity index is 747. The Balaban J connectivity index is 1.77. The van der Waals surface area contributed by atoms with Crippen LogP contribution in [0.5, 0.6) is 0 Å². The maximum Gasteiger partial charge on any atom is 0.341 e. The molecule has 0 spiro atoms. The molecular weight excluding hydrogens is 430 g/mol. The van der Waals surface area contributed by atoms with Crippen LogP contribution in [0.1, 0.15) is 132 Å². The van der Waals surface area contributed by atoms with Crippen LogP contribution in [0.2, 0.25) is 0 Å². The van der Waals surface area contributed by atoms with Crippen molar-refractivity contribution in [2.45, 2.75) is 124 Å². The number of carbonyl (C=O) groups excluding carboxylic acids is 2. The lowest BCUT2D eigenvalue weighted by Crippen LogP contribution is -2.26. The molecule has 1 heterocycles. The average molecular weight is 478 g/mol. The molecular formula is C28H47NO3S. The number of methoxy groups -OCH3 is 1. The average Bonchev–Trinajstić information content (AvgIpc) is 3.13. The largest absolute Gasteiger partial charge is 0.465 e. The lowest BCUT2D eigenvalue weighted by molar-refractivity contribution is -0.116. The zero-order chi connectivity index (χ0) is 24.3. The molecule has 1 aromatic heterocycles. The number of hydrogen-bond acceptors (Lipinski definition) is 4. The van der Waals surface area contributed by atoms with Gasteiger partial charge in [0.1, 0.15) is 5.00 Å². The molecule has 5 heteroatoms. The van der Waals surface area contributed by atoms with Gasteiger partial charge in [-0.15, -0.1) is 11.3 Å². The molecule has 1 unspecified atom stereocenters. The number of hydrogen-bond donors (Lipinski definition) is 1. The Morgan fingerprint density at radius 1 is 0.970 bits per heavy atom. The van der Waals surface area contributed by atoms with Gasteiger partial charge in [-0.05, 0) is 42.6 Å². The molecule has 0 saturated carbocycles. The Morgan fingerprint density at radius 3 is 2.09 bits per heavy atom. The number of fused-ring (bicyclic) bond motifs is 1. The molecule has 0 aliphatic heterocycles. The van der Waals surface area contributed by atoms with Crippen LogP contribution >= 0.6 is 11.3 Å². The molecule has 1 aromatic rings. The molecule has 0 aromatic carbocycles. The van der Waals surface area contributed by atoms with Gasteiger partial charge in [-0.2, -0.15) is 0 Å². The van der Waals surface area contributed by atoms with Crippen molar-refractivity contribution in [2.75, 3.05) is 12.4 Å². The fourth-order valence-corrected chi connectivity index (χ4v) is 6.20. The molecule has 2 rings (SSSR count). The van der Waals surface area contributed by atoms with E-state index >= 15 is 0 Å². The summed E-state index contributed by atoms with van der Waals surface area (Å²) in [6, 6.07) is 0. The number of nitrogens with one attached hydrogen (secondary N) is 1. The lowest BCUT2D eigenvalue weighted by atomic mass is 9.72. The van der Waals surface area contributed by atoms with Crippen LogP contribution in [0.25, 0.3) is 0 Å². The van der Waals surface area contributed by atoms with E-state index < -0.39 is 0 Å². The highest BCUT2D eigenvalue weighted by Gasteiger charge is 2.34. The van der Waals surface area contributed by atoms with Crippen molar-refractivity contribution in [1.29, 1.82) is 0 Å². The van der Waals surface area contributed by atoms with Crippen LogP contribution in [0.15, 0.2) is 0 Å². The quantitative estimate of drug-likeness (QED) is 0.216. The third-order valence-corrected chi connectivity index (χ3v) is 8.31. The first-order valence-corrected chi connectivity index (χ1v) is 14.1. The predicted octanol–water partition coefficient (Wildman–Crippen LogP) is 8.33. The minimum absolute atomic E-state index is 0.0158. The van der Waals surface area contributed by atoms with E-state index in [4.69, 9.17) is 4.74 Å². The second-order valence-corrected chi connectivity index (χ2v) is 11.9. The second kappa shape index (κ2) is 14.1. The number of anilines is 1. The topological polar surface area (TPSA) is 55.4 Å². The van der Waals surface area contributed by atoms with E-state index in [0.717, 1.165) is 37.7 Å². The van der Waals surface area contributed by atoms with E-state index in [9.17, 15) is 9.59 Å². The molecule has 188 valence electrons. The summed E-state index contributed by atoms with van der Waals surface area (Å²) in [4.78, 5) is 26.4. The number of rotatable bonds is 14. The zero-order valence-corrected chi connectivity index (χ0v) is 22.6. The van der Waals surface area contributed by atoms with Gasteiger partial charge in [0.15, 0.2) is 0 Å². The molecule has 0 radical (unpaired) electrons. The Labute approximate surface area is 206 Å². The van der Waals surface area contributed by atoms with Gasteiger partial charge in [-0.3, -0.25) is 4.79 Å². The lowest BCUT2D eigenvalue weighted by Gasteiger charge is -2.33. The van der Waals surface area contributed by atoms with Crippen LogP contribution < -0.4 is 5.32 Å². The summed E-state index contributed by atoms with van der Waals surface area (Å²) in [5, 5.41) is 3.74. The number of carbonyl (C=O) groups is 2. The Kier molecular flexibility index (Phi) is 11.9. The van der Waals surface area contributed by atoms with E-state index in [1.807, 2.05) is 0 Å². The normalized spacial score (nSPS) is 15.8. The fraction of sp³-hybridized carbons (Fsp3) is 0.786. The van der Waals surface area contributed by atoms with Crippen molar-refractivity contribution in [3.05, 3.63) is 16.0 Å². The fourth-order valence-electron chi connectivity index (χ4n) is 4.87. The zero-order valence-electron chi connectivity index (χ0n) is 21.8. The standard InChI is InChI=1S/C28H47NO3S/c1-6-7-8-9-10-11-12-13-14-15-16-17-24(30)29-26-25(27(31)32-5)22-19-18-21(28(2,3)4)20-23(22)33-26/h21H,6-20H2,1-5H3,(H,29,30). The van der Waals surface area contributed by atoms with Gasteiger partial charge < -0.3 is 10.1 Å². The van der Waals surface area contributed by atoms with Crippen molar-refractivity contribution in [1.82, 2.24) is 0 Å². The summed E-state index contributed by atoms with van der Waals surface area (Å²) in [7, 11) is 1.42. The first-order valence-electron chi connectivity index (χ1n) is 13.3. The smallest absolute Gasteiger partial charge is 0.341 e. The molecule has 0 saturated heterocycles. The summed E-state index contributed by atoms with van der Waals surface area (Å²) in [6.07, 6.45) is 17.4. The highest BCUT2D eigenvalue weighted by molar-refractivity contribution is 7.17. The molecule has 1 amide bonds. The minimum atomic E-state index is -0.327. The third kappa shape index (κ3) is 9.07. The number of amides is 1. The summed E-state index contributed by atoms with van der Waals surface area (Å²) >= 11 is 1.58. The van der Waals surface area contributed by atoms with Gasteiger partial charge in [-0.1, -0.05) is 91.9 Å². The molecule has 4 nitrogen and oxygen atoms in total. The molecule has 1 aliphatic carbocycles. The van der Waals surface area contributed by atoms with Crippen LogP contribution in [0.3, 0.4) is 0 Å². The van der Waals surface area contributed by atoms with Crippen LogP contribution in [-0.2, 0) is 22.4 Å². The first kappa shape index (κ1) is 27.9. The SMILES string of the molecule is CCCCCCCCCCCCCC(=O)Nc1sc2c(c1C(=O)OC)CCC(C(C)(C)C)C2. The van der Waals surface area contributed by atoms with Gasteiger partial charge >= 0.3 is 5.97 Å². The molecule has 0 bridgehead atoms. The molecule has 1 N–H and O–H groups in total. The number of thiophene rings is 1. The molecule has 1 atom stereocenters. The van der Waals surface area contributed by atoms with Crippen molar-refractivity contribution < 1.29 is 14.3 Å². The van der Waals surface area contributed by atoms with Crippen molar-refractivity contribution in [3.63, 3.8) is 0 Å². The van der Waals surface area contributed by atoms with Crippen molar-refractivity contribution in [3.8, 4) is 0 Å². The Hall–Kier alpha value is -1.36. The summed E-state index contributed by atoms with van der Waals surface area (Å²) in [6.45, 7) is 9.11. The second-order valence-electron chi connectivity index (χ2n) is 10.8. The predicted molar refractivity (Wildman–Crippen MR) is 140 cm³/mol. The number of esters is 1. The Morgan fingerprint density at radius 2 is 1.55 bits per heavy atom. The number of ether oxygens (including phenoxy) is 1. The van der Waals surface area contributed by atoms with Crippen molar-refractivity contribution >= 4 is 28.2 Å². The van der Waals surface area contributed by atoms with E-state index in [0.29, 0.717) is 22.9 Å². The van der Waals surface area contributed by atoms with E-state index in [-0.39, 0.29) is 17.3 Å². The summed E-state index contributed by atoms with van der Waals surface area (Å²) in [5.74, 6) is 0.280. The highest BCUT2D eigenvalue weighted by atomic mass is 32.1. The first-order chi connectivity index (χ1) is 15.8. The molecule has 0 fully saturated rings. The van der Waals surface area contributed by atoms with Crippen LogP contribution in [0, 0.1) is 11.3 Å². The molecule has 33 heavy (non-hydrogen) atoms. The maximum atomic E-state index is 12.6. The summed E-state index contributed by atoms with van der Waals surface area (Å²) < 4.78 is 5.07. The van der Waals surface area contributed by atoms with Gasteiger partial charge in [0.05, 0.1) is 12.7 Å². The van der Waals surface area contributed by atoms with E-state index in [1.165, 1.54) is 69.8 Å². The number of unbranched alkanes of at least 4 members (excludes halogenated alkanes) is 10. The van der Waals surface area contributed by atoms with Crippen LogP contribution in [0.4, 0.5) is 5.00 Å².